The molecule has 1 atom stereocenters. The van der Waals surface area contributed by atoms with Crippen molar-refractivity contribution in [2.75, 3.05) is 0 Å². The summed E-state index contributed by atoms with van der Waals surface area (Å²) in [6.07, 6.45) is 1.80. The van der Waals surface area contributed by atoms with Crippen molar-refractivity contribution in [2.45, 2.75) is 26.8 Å². The van der Waals surface area contributed by atoms with E-state index in [-0.39, 0.29) is 11.1 Å². The summed E-state index contributed by atoms with van der Waals surface area (Å²) in [5, 5.41) is 19.7. The standard InChI is InChI=1S/C14H16N4O3/c1-8(9(2)14(20)21)13(19)15-10(3)12-17-16-11-6-4-5-7-18(11)12/h4-7,10H,1-3H3,(H,15,19)(H,20,21). The molecule has 0 fully saturated rings. The molecule has 110 valence electrons. The summed E-state index contributed by atoms with van der Waals surface area (Å²) in [4.78, 5) is 22.9. The van der Waals surface area contributed by atoms with Gasteiger partial charge >= 0.3 is 5.97 Å². The van der Waals surface area contributed by atoms with Gasteiger partial charge in [-0.2, -0.15) is 0 Å². The summed E-state index contributed by atoms with van der Waals surface area (Å²) < 4.78 is 1.77. The maximum absolute atomic E-state index is 12.0. The number of aliphatic carboxylic acids is 1. The fourth-order valence-corrected chi connectivity index (χ4v) is 1.86. The third-order valence-electron chi connectivity index (χ3n) is 3.30. The Morgan fingerprint density at radius 1 is 1.24 bits per heavy atom. The van der Waals surface area contributed by atoms with Crippen LogP contribution >= 0.6 is 0 Å². The second-order valence-corrected chi connectivity index (χ2v) is 4.74. The van der Waals surface area contributed by atoms with Crippen LogP contribution in [0.4, 0.5) is 0 Å². The highest BCUT2D eigenvalue weighted by Crippen LogP contribution is 2.13. The summed E-state index contributed by atoms with van der Waals surface area (Å²) in [6.45, 7) is 4.65. The topological polar surface area (TPSA) is 96.6 Å². The summed E-state index contributed by atoms with van der Waals surface area (Å²) in [6, 6.07) is 5.10. The number of rotatable bonds is 4. The first-order valence-electron chi connectivity index (χ1n) is 6.43. The van der Waals surface area contributed by atoms with Crippen LogP contribution in [-0.4, -0.2) is 31.6 Å². The van der Waals surface area contributed by atoms with Crippen molar-refractivity contribution in [2.24, 2.45) is 0 Å². The van der Waals surface area contributed by atoms with Gasteiger partial charge in [-0.1, -0.05) is 6.07 Å². The predicted octanol–water partition coefficient (Wildman–Crippen LogP) is 1.33. The number of carboxylic acid groups (broad SMARTS) is 1. The number of nitrogens with one attached hydrogen (secondary N) is 1. The first-order chi connectivity index (χ1) is 9.91. The van der Waals surface area contributed by atoms with E-state index >= 15 is 0 Å². The Balaban J connectivity index is 2.22. The maximum Gasteiger partial charge on any atom is 0.331 e. The molecule has 2 N–H and O–H groups in total. The van der Waals surface area contributed by atoms with Crippen molar-refractivity contribution >= 4 is 17.5 Å². The number of carbonyl (C=O) groups excluding carboxylic acids is 1. The zero-order chi connectivity index (χ0) is 15.6. The zero-order valence-electron chi connectivity index (χ0n) is 12.0. The van der Waals surface area contributed by atoms with E-state index in [2.05, 4.69) is 15.5 Å². The van der Waals surface area contributed by atoms with Gasteiger partial charge in [0.05, 0.1) is 6.04 Å². The van der Waals surface area contributed by atoms with E-state index in [1.807, 2.05) is 18.2 Å². The van der Waals surface area contributed by atoms with Crippen LogP contribution in [0.3, 0.4) is 0 Å². The number of nitrogens with zero attached hydrogens (tertiary/aromatic N) is 3. The van der Waals surface area contributed by atoms with Gasteiger partial charge in [0.15, 0.2) is 11.5 Å². The molecule has 2 heterocycles. The van der Waals surface area contributed by atoms with Gasteiger partial charge in [0, 0.05) is 17.3 Å². The van der Waals surface area contributed by atoms with Crippen LogP contribution in [0.1, 0.15) is 32.6 Å². The number of aromatic nitrogens is 3. The number of fused-ring (bicyclic) bond motifs is 1. The third-order valence-corrected chi connectivity index (χ3v) is 3.30. The molecule has 0 aliphatic heterocycles. The largest absolute Gasteiger partial charge is 0.478 e. The van der Waals surface area contributed by atoms with E-state index in [0.29, 0.717) is 11.5 Å². The van der Waals surface area contributed by atoms with E-state index in [1.165, 1.54) is 13.8 Å². The molecule has 2 aromatic rings. The Bertz CT molecular complexity index is 733. The van der Waals surface area contributed by atoms with Crippen molar-refractivity contribution in [3.8, 4) is 0 Å². The Labute approximate surface area is 121 Å². The Morgan fingerprint density at radius 3 is 2.62 bits per heavy atom. The van der Waals surface area contributed by atoms with Gasteiger partial charge < -0.3 is 10.4 Å². The van der Waals surface area contributed by atoms with Crippen molar-refractivity contribution in [1.29, 1.82) is 0 Å². The molecule has 0 radical (unpaired) electrons. The van der Waals surface area contributed by atoms with Crippen LogP contribution in [-0.2, 0) is 9.59 Å². The summed E-state index contributed by atoms with van der Waals surface area (Å²) in [7, 11) is 0. The van der Waals surface area contributed by atoms with E-state index in [9.17, 15) is 9.59 Å². The first-order valence-corrected chi connectivity index (χ1v) is 6.43. The number of carboxylic acids is 1. The van der Waals surface area contributed by atoms with Crippen LogP contribution < -0.4 is 5.32 Å². The predicted molar refractivity (Wildman–Crippen MR) is 75.6 cm³/mol. The lowest BCUT2D eigenvalue weighted by Gasteiger charge is -2.13. The molecule has 0 saturated heterocycles. The number of amides is 1. The quantitative estimate of drug-likeness (QED) is 0.827. The van der Waals surface area contributed by atoms with E-state index < -0.39 is 17.9 Å². The SMILES string of the molecule is CC(C(=O)O)=C(C)C(=O)NC(C)c1nnc2ccccn12. The molecule has 0 spiro atoms. The Morgan fingerprint density at radius 2 is 1.95 bits per heavy atom. The molecule has 0 aliphatic rings. The molecule has 0 saturated carbocycles. The molecular formula is C14H16N4O3. The van der Waals surface area contributed by atoms with Crippen LogP contribution in [0.25, 0.3) is 5.65 Å². The van der Waals surface area contributed by atoms with Crippen LogP contribution in [0.2, 0.25) is 0 Å². The molecule has 0 aliphatic carbocycles. The van der Waals surface area contributed by atoms with Crippen molar-refractivity contribution in [1.82, 2.24) is 19.9 Å². The highest BCUT2D eigenvalue weighted by atomic mass is 16.4. The van der Waals surface area contributed by atoms with Crippen molar-refractivity contribution in [3.63, 3.8) is 0 Å². The molecule has 1 amide bonds. The van der Waals surface area contributed by atoms with Crippen molar-refractivity contribution in [3.05, 3.63) is 41.4 Å². The average Bonchev–Trinajstić information content (AvgIpc) is 2.89. The van der Waals surface area contributed by atoms with E-state index in [4.69, 9.17) is 5.11 Å². The lowest BCUT2D eigenvalue weighted by atomic mass is 10.1. The lowest BCUT2D eigenvalue weighted by molar-refractivity contribution is -0.133. The van der Waals surface area contributed by atoms with Gasteiger partial charge in [0.1, 0.15) is 0 Å². The van der Waals surface area contributed by atoms with Crippen LogP contribution in [0.15, 0.2) is 35.5 Å². The van der Waals surface area contributed by atoms with E-state index in [0.717, 1.165) is 0 Å². The highest BCUT2D eigenvalue weighted by molar-refractivity contribution is 6.01. The molecule has 2 rings (SSSR count). The zero-order valence-corrected chi connectivity index (χ0v) is 12.0. The summed E-state index contributed by atoms with van der Waals surface area (Å²) in [5.41, 5.74) is 0.872. The fourth-order valence-electron chi connectivity index (χ4n) is 1.86. The Kier molecular flexibility index (Phi) is 4.02. The van der Waals surface area contributed by atoms with Gasteiger partial charge in [-0.15, -0.1) is 10.2 Å². The molecule has 0 aromatic carbocycles. The van der Waals surface area contributed by atoms with Gasteiger partial charge in [0.2, 0.25) is 5.91 Å². The number of hydrogen-bond acceptors (Lipinski definition) is 4. The fraction of sp³-hybridized carbons (Fsp3) is 0.286. The summed E-state index contributed by atoms with van der Waals surface area (Å²) >= 11 is 0. The average molecular weight is 288 g/mol. The maximum atomic E-state index is 12.0. The van der Waals surface area contributed by atoms with E-state index in [1.54, 1.807) is 17.5 Å². The molecule has 7 heteroatoms. The lowest BCUT2D eigenvalue weighted by Crippen LogP contribution is -2.29. The van der Waals surface area contributed by atoms with Crippen LogP contribution in [0.5, 0.6) is 0 Å². The second kappa shape index (κ2) is 5.74. The van der Waals surface area contributed by atoms with Crippen molar-refractivity contribution < 1.29 is 14.7 Å². The number of hydrogen-bond donors (Lipinski definition) is 2. The van der Waals surface area contributed by atoms with Gasteiger partial charge in [-0.25, -0.2) is 4.79 Å². The molecule has 7 nitrogen and oxygen atoms in total. The minimum atomic E-state index is -1.11. The van der Waals surface area contributed by atoms with Gasteiger partial charge in [-0.3, -0.25) is 9.20 Å². The molecule has 1 unspecified atom stereocenters. The normalized spacial score (nSPS) is 13.7. The third kappa shape index (κ3) is 2.91. The Hall–Kier alpha value is -2.70. The molecular weight excluding hydrogens is 272 g/mol. The minimum absolute atomic E-state index is 0.0193. The number of pyridine rings is 1. The van der Waals surface area contributed by atoms with Gasteiger partial charge in [-0.05, 0) is 32.9 Å². The minimum Gasteiger partial charge on any atom is -0.478 e. The smallest absolute Gasteiger partial charge is 0.331 e. The van der Waals surface area contributed by atoms with Gasteiger partial charge in [0.25, 0.3) is 0 Å². The highest BCUT2D eigenvalue weighted by Gasteiger charge is 2.18. The number of carbonyl (C=O) groups is 2. The second-order valence-electron chi connectivity index (χ2n) is 4.74. The molecule has 21 heavy (non-hydrogen) atoms. The monoisotopic (exact) mass is 288 g/mol. The van der Waals surface area contributed by atoms with Crippen LogP contribution in [0, 0.1) is 0 Å². The summed E-state index contributed by atoms with van der Waals surface area (Å²) in [5.74, 6) is -0.960. The molecule has 2 aromatic heterocycles. The molecule has 0 bridgehead atoms. The first kappa shape index (κ1) is 14.7.